The fourth-order valence-electron chi connectivity index (χ4n) is 2.41. The number of hydrogen-bond acceptors (Lipinski definition) is 4. The first kappa shape index (κ1) is 12.5. The molecular weight excluding hydrogens is 194 g/mol. The smallest absolute Gasteiger partial charge is 0.311 e. The van der Waals surface area contributed by atoms with Crippen LogP contribution in [0.5, 0.6) is 0 Å². The van der Waals surface area contributed by atoms with Gasteiger partial charge < -0.3 is 15.2 Å². The minimum absolute atomic E-state index is 0.0790. The van der Waals surface area contributed by atoms with E-state index in [4.69, 9.17) is 4.74 Å². The second-order valence-electron chi connectivity index (χ2n) is 4.33. The Morgan fingerprint density at radius 3 is 2.87 bits per heavy atom. The molecule has 1 saturated heterocycles. The monoisotopic (exact) mass is 215 g/mol. The van der Waals surface area contributed by atoms with Crippen LogP contribution in [0, 0.1) is 11.8 Å². The van der Waals surface area contributed by atoms with Gasteiger partial charge in [0.05, 0.1) is 18.6 Å². The molecule has 0 aromatic heterocycles. The van der Waals surface area contributed by atoms with Crippen LogP contribution in [0.2, 0.25) is 0 Å². The highest BCUT2D eigenvalue weighted by molar-refractivity contribution is 5.73. The summed E-state index contributed by atoms with van der Waals surface area (Å²) >= 11 is 0. The Morgan fingerprint density at radius 2 is 2.40 bits per heavy atom. The molecule has 3 unspecified atom stereocenters. The number of methoxy groups -OCH3 is 1. The maximum atomic E-state index is 11.6. The van der Waals surface area contributed by atoms with Crippen molar-refractivity contribution in [1.29, 1.82) is 0 Å². The van der Waals surface area contributed by atoms with Crippen molar-refractivity contribution in [2.24, 2.45) is 11.8 Å². The third-order valence-corrected chi connectivity index (χ3v) is 3.50. The molecule has 15 heavy (non-hydrogen) atoms. The number of rotatable bonds is 3. The lowest BCUT2D eigenvalue weighted by Gasteiger charge is -2.42. The van der Waals surface area contributed by atoms with Crippen LogP contribution < -0.4 is 5.32 Å². The van der Waals surface area contributed by atoms with Crippen molar-refractivity contribution < 1.29 is 14.6 Å². The molecule has 1 rings (SSSR count). The van der Waals surface area contributed by atoms with Gasteiger partial charge in [-0.3, -0.25) is 4.79 Å². The van der Waals surface area contributed by atoms with E-state index in [1.807, 2.05) is 13.8 Å². The van der Waals surface area contributed by atoms with Crippen LogP contribution in [0.3, 0.4) is 0 Å². The molecule has 3 atom stereocenters. The van der Waals surface area contributed by atoms with Gasteiger partial charge in [-0.1, -0.05) is 13.8 Å². The molecule has 0 aliphatic carbocycles. The highest BCUT2D eigenvalue weighted by Crippen LogP contribution is 2.34. The van der Waals surface area contributed by atoms with E-state index < -0.39 is 11.5 Å². The lowest BCUT2D eigenvalue weighted by atomic mass is 9.72. The fourth-order valence-corrected chi connectivity index (χ4v) is 2.41. The van der Waals surface area contributed by atoms with E-state index in [0.717, 1.165) is 13.1 Å². The summed E-state index contributed by atoms with van der Waals surface area (Å²) in [5.74, 6) is -0.622. The zero-order chi connectivity index (χ0) is 11.5. The minimum Gasteiger partial charge on any atom is -0.469 e. The van der Waals surface area contributed by atoms with E-state index in [-0.39, 0.29) is 11.9 Å². The number of esters is 1. The van der Waals surface area contributed by atoms with Gasteiger partial charge in [0.1, 0.15) is 0 Å². The first-order valence-corrected chi connectivity index (χ1v) is 5.57. The molecule has 0 bridgehead atoms. The lowest BCUT2D eigenvalue weighted by Crippen LogP contribution is -2.55. The largest absolute Gasteiger partial charge is 0.469 e. The van der Waals surface area contributed by atoms with Crippen LogP contribution in [0.25, 0.3) is 0 Å². The number of hydrogen-bond donors (Lipinski definition) is 2. The molecule has 0 aromatic rings. The second-order valence-corrected chi connectivity index (χ2v) is 4.33. The normalized spacial score (nSPS) is 33.5. The topological polar surface area (TPSA) is 58.6 Å². The molecule has 0 radical (unpaired) electrons. The Kier molecular flexibility index (Phi) is 4.11. The summed E-state index contributed by atoms with van der Waals surface area (Å²) in [5.41, 5.74) is -0.910. The standard InChI is InChI=1S/C11H21NO3/c1-4-9(10(13)15-3)11(14)5-6-12-7-8(11)2/h8-9,12,14H,4-7H2,1-3H3. The van der Waals surface area contributed by atoms with Gasteiger partial charge >= 0.3 is 5.97 Å². The summed E-state index contributed by atoms with van der Waals surface area (Å²) in [5, 5.41) is 13.8. The fraction of sp³-hybridized carbons (Fsp3) is 0.909. The molecular formula is C11H21NO3. The van der Waals surface area contributed by atoms with Crippen molar-refractivity contribution in [3.63, 3.8) is 0 Å². The Morgan fingerprint density at radius 1 is 1.73 bits per heavy atom. The van der Waals surface area contributed by atoms with Gasteiger partial charge in [0, 0.05) is 6.54 Å². The third kappa shape index (κ3) is 2.32. The average Bonchev–Trinajstić information content (AvgIpc) is 2.23. The quantitative estimate of drug-likeness (QED) is 0.675. The van der Waals surface area contributed by atoms with Crippen LogP contribution in [0.15, 0.2) is 0 Å². The Labute approximate surface area is 91.0 Å². The molecule has 0 spiro atoms. The zero-order valence-corrected chi connectivity index (χ0v) is 9.75. The molecule has 0 amide bonds. The van der Waals surface area contributed by atoms with Gasteiger partial charge in [-0.15, -0.1) is 0 Å². The molecule has 88 valence electrons. The second kappa shape index (κ2) is 4.94. The molecule has 1 aliphatic rings. The summed E-state index contributed by atoms with van der Waals surface area (Å²) in [7, 11) is 1.38. The highest BCUT2D eigenvalue weighted by Gasteiger charge is 2.46. The molecule has 0 saturated carbocycles. The predicted molar refractivity (Wildman–Crippen MR) is 57.4 cm³/mol. The van der Waals surface area contributed by atoms with Crippen LogP contribution in [0.4, 0.5) is 0 Å². The number of carbonyl (C=O) groups is 1. The van der Waals surface area contributed by atoms with Crippen molar-refractivity contribution in [2.45, 2.75) is 32.3 Å². The number of ether oxygens (including phenoxy) is 1. The van der Waals surface area contributed by atoms with Gasteiger partial charge in [-0.25, -0.2) is 0 Å². The Bertz CT molecular complexity index is 232. The summed E-state index contributed by atoms with van der Waals surface area (Å²) < 4.78 is 4.75. The van der Waals surface area contributed by atoms with Gasteiger partial charge in [-0.2, -0.15) is 0 Å². The number of piperidine rings is 1. The van der Waals surface area contributed by atoms with Crippen molar-refractivity contribution in [3.05, 3.63) is 0 Å². The molecule has 4 heteroatoms. The van der Waals surface area contributed by atoms with Crippen molar-refractivity contribution in [3.8, 4) is 0 Å². The zero-order valence-electron chi connectivity index (χ0n) is 9.75. The number of nitrogens with one attached hydrogen (secondary N) is 1. The van der Waals surface area contributed by atoms with E-state index in [1.54, 1.807) is 0 Å². The van der Waals surface area contributed by atoms with Gasteiger partial charge in [0.15, 0.2) is 0 Å². The maximum Gasteiger partial charge on any atom is 0.311 e. The highest BCUT2D eigenvalue weighted by atomic mass is 16.5. The van der Waals surface area contributed by atoms with Crippen LogP contribution >= 0.6 is 0 Å². The Hall–Kier alpha value is -0.610. The van der Waals surface area contributed by atoms with Crippen molar-refractivity contribution in [2.75, 3.05) is 20.2 Å². The molecule has 2 N–H and O–H groups in total. The van der Waals surface area contributed by atoms with Gasteiger partial charge in [-0.05, 0) is 25.3 Å². The summed E-state index contributed by atoms with van der Waals surface area (Å²) in [6.07, 6.45) is 1.23. The van der Waals surface area contributed by atoms with Crippen LogP contribution in [0.1, 0.15) is 26.7 Å². The summed E-state index contributed by atoms with van der Waals surface area (Å²) in [4.78, 5) is 11.6. The molecule has 1 aliphatic heterocycles. The minimum atomic E-state index is -0.910. The SMILES string of the molecule is CCC(C(=O)OC)C1(O)CCNCC1C. The van der Waals surface area contributed by atoms with Gasteiger partial charge in [0.25, 0.3) is 0 Å². The average molecular weight is 215 g/mol. The van der Waals surface area contributed by atoms with E-state index in [0.29, 0.717) is 12.8 Å². The number of aliphatic hydroxyl groups is 1. The van der Waals surface area contributed by atoms with E-state index in [1.165, 1.54) is 7.11 Å². The molecule has 0 aromatic carbocycles. The summed E-state index contributed by atoms with van der Waals surface area (Å²) in [6.45, 7) is 5.39. The summed E-state index contributed by atoms with van der Waals surface area (Å²) in [6, 6.07) is 0. The molecule has 1 fully saturated rings. The van der Waals surface area contributed by atoms with Crippen molar-refractivity contribution >= 4 is 5.97 Å². The van der Waals surface area contributed by atoms with Crippen molar-refractivity contribution in [1.82, 2.24) is 5.32 Å². The Balaban J connectivity index is 2.83. The van der Waals surface area contributed by atoms with E-state index >= 15 is 0 Å². The first-order chi connectivity index (χ1) is 7.06. The van der Waals surface area contributed by atoms with Crippen LogP contribution in [-0.2, 0) is 9.53 Å². The maximum absolute atomic E-state index is 11.6. The lowest BCUT2D eigenvalue weighted by molar-refractivity contribution is -0.163. The molecule has 1 heterocycles. The first-order valence-electron chi connectivity index (χ1n) is 5.57. The van der Waals surface area contributed by atoms with E-state index in [9.17, 15) is 9.90 Å². The van der Waals surface area contributed by atoms with Gasteiger partial charge in [0.2, 0.25) is 0 Å². The predicted octanol–water partition coefficient (Wildman–Crippen LogP) is 0.546. The third-order valence-electron chi connectivity index (χ3n) is 3.50. The number of carbonyl (C=O) groups excluding carboxylic acids is 1. The molecule has 4 nitrogen and oxygen atoms in total. The van der Waals surface area contributed by atoms with E-state index in [2.05, 4.69) is 5.32 Å². The van der Waals surface area contributed by atoms with Crippen LogP contribution in [-0.4, -0.2) is 36.9 Å².